The van der Waals surface area contributed by atoms with E-state index in [9.17, 15) is 0 Å². The maximum Gasteiger partial charge on any atom is -0.00209 e. The summed E-state index contributed by atoms with van der Waals surface area (Å²) in [6.45, 7) is 5.93. The Morgan fingerprint density at radius 2 is 1.85 bits per heavy atom. The van der Waals surface area contributed by atoms with E-state index < -0.39 is 0 Å². The molecular formula is C12H25N. The van der Waals surface area contributed by atoms with Crippen LogP contribution in [0.4, 0.5) is 0 Å². The van der Waals surface area contributed by atoms with Crippen molar-refractivity contribution in [2.24, 2.45) is 17.8 Å². The lowest BCUT2D eigenvalue weighted by Gasteiger charge is -2.35. The van der Waals surface area contributed by atoms with E-state index in [4.69, 9.17) is 0 Å². The van der Waals surface area contributed by atoms with E-state index >= 15 is 0 Å². The zero-order valence-electron chi connectivity index (χ0n) is 9.47. The molecule has 1 aliphatic carbocycles. The SMILES string of the molecule is CCC1CCC(CNC)C(CC)C1. The maximum absolute atomic E-state index is 3.33. The first-order valence-electron chi connectivity index (χ1n) is 5.96. The molecule has 1 fully saturated rings. The molecule has 78 valence electrons. The third kappa shape index (κ3) is 2.98. The molecule has 3 atom stereocenters. The van der Waals surface area contributed by atoms with Crippen LogP contribution in [-0.2, 0) is 0 Å². The Kier molecular flexibility index (Phi) is 4.79. The summed E-state index contributed by atoms with van der Waals surface area (Å²) >= 11 is 0. The van der Waals surface area contributed by atoms with Gasteiger partial charge in [-0.25, -0.2) is 0 Å². The molecule has 1 heteroatoms. The van der Waals surface area contributed by atoms with Gasteiger partial charge < -0.3 is 5.32 Å². The summed E-state index contributed by atoms with van der Waals surface area (Å²) in [4.78, 5) is 0. The van der Waals surface area contributed by atoms with Gasteiger partial charge in [-0.1, -0.05) is 33.1 Å². The lowest BCUT2D eigenvalue weighted by Crippen LogP contribution is -2.31. The predicted molar refractivity (Wildman–Crippen MR) is 58.8 cm³/mol. The molecule has 0 heterocycles. The van der Waals surface area contributed by atoms with Crippen LogP contribution in [0.15, 0.2) is 0 Å². The Hall–Kier alpha value is -0.0400. The fraction of sp³-hybridized carbons (Fsp3) is 1.00. The molecule has 0 spiro atoms. The van der Waals surface area contributed by atoms with Gasteiger partial charge in [-0.15, -0.1) is 0 Å². The third-order valence-corrected chi connectivity index (χ3v) is 3.82. The zero-order valence-corrected chi connectivity index (χ0v) is 9.47. The fourth-order valence-electron chi connectivity index (χ4n) is 2.83. The lowest BCUT2D eigenvalue weighted by atomic mass is 9.72. The van der Waals surface area contributed by atoms with Crippen LogP contribution >= 0.6 is 0 Å². The Morgan fingerprint density at radius 1 is 1.08 bits per heavy atom. The second-order valence-corrected chi connectivity index (χ2v) is 4.57. The highest BCUT2D eigenvalue weighted by atomic mass is 14.8. The van der Waals surface area contributed by atoms with Gasteiger partial charge in [-0.05, 0) is 44.2 Å². The third-order valence-electron chi connectivity index (χ3n) is 3.82. The Bertz CT molecular complexity index is 133. The van der Waals surface area contributed by atoms with E-state index in [1.807, 2.05) is 0 Å². The van der Waals surface area contributed by atoms with Gasteiger partial charge in [0.15, 0.2) is 0 Å². The second-order valence-electron chi connectivity index (χ2n) is 4.57. The van der Waals surface area contributed by atoms with Crippen molar-refractivity contribution in [3.63, 3.8) is 0 Å². The van der Waals surface area contributed by atoms with Crippen molar-refractivity contribution in [1.29, 1.82) is 0 Å². The minimum Gasteiger partial charge on any atom is -0.319 e. The number of nitrogens with one attached hydrogen (secondary N) is 1. The topological polar surface area (TPSA) is 12.0 Å². The minimum absolute atomic E-state index is 0.956. The van der Waals surface area contributed by atoms with Gasteiger partial charge in [0.25, 0.3) is 0 Å². The first-order valence-corrected chi connectivity index (χ1v) is 5.96. The highest BCUT2D eigenvalue weighted by Crippen LogP contribution is 2.36. The van der Waals surface area contributed by atoms with Gasteiger partial charge in [0.05, 0.1) is 0 Å². The lowest BCUT2D eigenvalue weighted by molar-refractivity contribution is 0.170. The van der Waals surface area contributed by atoms with Gasteiger partial charge in [0.1, 0.15) is 0 Å². The first kappa shape index (κ1) is 11.0. The monoisotopic (exact) mass is 183 g/mol. The molecule has 13 heavy (non-hydrogen) atoms. The van der Waals surface area contributed by atoms with E-state index in [1.165, 1.54) is 38.6 Å². The number of hydrogen-bond donors (Lipinski definition) is 1. The highest BCUT2D eigenvalue weighted by molar-refractivity contribution is 4.79. The normalized spacial score (nSPS) is 34.8. The standard InChI is InChI=1S/C12H25N/c1-4-10-6-7-12(9-13-3)11(5-2)8-10/h10-13H,4-9H2,1-3H3. The molecule has 0 radical (unpaired) electrons. The second kappa shape index (κ2) is 5.64. The molecule has 0 amide bonds. The van der Waals surface area contributed by atoms with Crippen LogP contribution in [0.3, 0.4) is 0 Å². The van der Waals surface area contributed by atoms with Crippen LogP contribution in [0.2, 0.25) is 0 Å². The molecule has 3 unspecified atom stereocenters. The largest absolute Gasteiger partial charge is 0.319 e. The van der Waals surface area contributed by atoms with Crippen LogP contribution in [0.5, 0.6) is 0 Å². The van der Waals surface area contributed by atoms with Crippen molar-refractivity contribution < 1.29 is 0 Å². The molecule has 0 aromatic carbocycles. The van der Waals surface area contributed by atoms with E-state index in [0.717, 1.165) is 17.8 Å². The Morgan fingerprint density at radius 3 is 2.38 bits per heavy atom. The van der Waals surface area contributed by atoms with Crippen LogP contribution in [0.1, 0.15) is 46.0 Å². The summed E-state index contributed by atoms with van der Waals surface area (Å²) < 4.78 is 0. The quantitative estimate of drug-likeness (QED) is 0.706. The van der Waals surface area contributed by atoms with Crippen LogP contribution in [0, 0.1) is 17.8 Å². The molecule has 0 bridgehead atoms. The van der Waals surface area contributed by atoms with Gasteiger partial charge in [0.2, 0.25) is 0 Å². The Labute approximate surface area is 83.3 Å². The number of hydrogen-bond acceptors (Lipinski definition) is 1. The molecule has 0 aliphatic heterocycles. The summed E-state index contributed by atoms with van der Waals surface area (Å²) in [5, 5.41) is 3.33. The first-order chi connectivity index (χ1) is 6.31. The van der Waals surface area contributed by atoms with E-state index in [0.29, 0.717) is 0 Å². The van der Waals surface area contributed by atoms with Gasteiger partial charge in [-0.3, -0.25) is 0 Å². The van der Waals surface area contributed by atoms with Crippen LogP contribution < -0.4 is 5.32 Å². The average molecular weight is 183 g/mol. The molecule has 0 saturated heterocycles. The van der Waals surface area contributed by atoms with Gasteiger partial charge >= 0.3 is 0 Å². The Balaban J connectivity index is 2.40. The van der Waals surface area contributed by atoms with Crippen molar-refractivity contribution in [3.05, 3.63) is 0 Å². The molecular weight excluding hydrogens is 158 g/mol. The average Bonchev–Trinajstić information content (AvgIpc) is 2.19. The molecule has 0 aromatic rings. The summed E-state index contributed by atoms with van der Waals surface area (Å²) in [6.07, 6.45) is 7.18. The molecule has 1 aliphatic rings. The van der Waals surface area contributed by atoms with Crippen molar-refractivity contribution >= 4 is 0 Å². The van der Waals surface area contributed by atoms with Crippen molar-refractivity contribution in [3.8, 4) is 0 Å². The molecule has 1 N–H and O–H groups in total. The van der Waals surface area contributed by atoms with E-state index in [2.05, 4.69) is 26.2 Å². The summed E-state index contributed by atoms with van der Waals surface area (Å²) in [6, 6.07) is 0. The van der Waals surface area contributed by atoms with Crippen LogP contribution in [-0.4, -0.2) is 13.6 Å². The van der Waals surface area contributed by atoms with Gasteiger partial charge in [0, 0.05) is 0 Å². The summed E-state index contributed by atoms with van der Waals surface area (Å²) in [5.74, 6) is 2.97. The van der Waals surface area contributed by atoms with Crippen molar-refractivity contribution in [2.75, 3.05) is 13.6 Å². The molecule has 1 nitrogen and oxygen atoms in total. The summed E-state index contributed by atoms with van der Waals surface area (Å²) in [5.41, 5.74) is 0. The molecule has 1 rings (SSSR count). The predicted octanol–water partition coefficient (Wildman–Crippen LogP) is 3.06. The van der Waals surface area contributed by atoms with E-state index in [-0.39, 0.29) is 0 Å². The van der Waals surface area contributed by atoms with Crippen molar-refractivity contribution in [2.45, 2.75) is 46.0 Å². The molecule has 1 saturated carbocycles. The maximum atomic E-state index is 3.33. The zero-order chi connectivity index (χ0) is 9.68. The van der Waals surface area contributed by atoms with Gasteiger partial charge in [-0.2, -0.15) is 0 Å². The smallest absolute Gasteiger partial charge is 0.00209 e. The minimum atomic E-state index is 0.956. The molecule has 0 aromatic heterocycles. The van der Waals surface area contributed by atoms with E-state index in [1.54, 1.807) is 0 Å². The highest BCUT2D eigenvalue weighted by Gasteiger charge is 2.27. The fourth-order valence-corrected chi connectivity index (χ4v) is 2.83. The number of rotatable bonds is 4. The van der Waals surface area contributed by atoms with Crippen molar-refractivity contribution in [1.82, 2.24) is 5.32 Å². The summed E-state index contributed by atoms with van der Waals surface area (Å²) in [7, 11) is 2.08. The van der Waals surface area contributed by atoms with Crippen LogP contribution in [0.25, 0.3) is 0 Å².